The van der Waals surface area contributed by atoms with Crippen LogP contribution in [0.4, 0.5) is 5.69 Å². The summed E-state index contributed by atoms with van der Waals surface area (Å²) in [5, 5.41) is 10.8. The maximum atomic E-state index is 12.2. The molecule has 7 nitrogen and oxygen atoms in total. The third kappa shape index (κ3) is 3.30. The maximum absolute atomic E-state index is 12.2. The maximum Gasteiger partial charge on any atom is 0.376 e. The van der Waals surface area contributed by atoms with E-state index in [2.05, 4.69) is 4.98 Å². The van der Waals surface area contributed by atoms with Gasteiger partial charge < -0.3 is 9.15 Å². The molecule has 0 spiro atoms. The van der Waals surface area contributed by atoms with E-state index in [4.69, 9.17) is 9.15 Å². The number of nitro groups is 1. The Balaban J connectivity index is 2.22. The molecule has 116 valence electrons. The molecule has 0 bridgehead atoms. The van der Waals surface area contributed by atoms with E-state index in [-0.39, 0.29) is 11.4 Å². The van der Waals surface area contributed by atoms with Crippen LogP contribution < -0.4 is 0 Å². The summed E-state index contributed by atoms with van der Waals surface area (Å²) in [6, 6.07) is 6.04. The highest BCUT2D eigenvalue weighted by Gasteiger charge is 2.23. The van der Waals surface area contributed by atoms with E-state index in [0.717, 1.165) is 0 Å². The molecule has 1 aromatic heterocycles. The van der Waals surface area contributed by atoms with Gasteiger partial charge in [-0.3, -0.25) is 10.1 Å². The number of nitrogens with zero attached hydrogens (tertiary/aromatic N) is 2. The minimum Gasteiger partial charge on any atom is -0.452 e. The smallest absolute Gasteiger partial charge is 0.376 e. The molecule has 0 amide bonds. The zero-order valence-electron chi connectivity index (χ0n) is 12.5. The first-order chi connectivity index (χ1) is 10.4. The van der Waals surface area contributed by atoms with Crippen molar-refractivity contribution in [2.75, 3.05) is 0 Å². The number of oxazole rings is 1. The summed E-state index contributed by atoms with van der Waals surface area (Å²) in [5.74, 6) is -0.189. The lowest BCUT2D eigenvalue weighted by molar-refractivity contribution is -0.385. The van der Waals surface area contributed by atoms with Gasteiger partial charge in [-0.2, -0.15) is 0 Å². The molecule has 0 fully saturated rings. The van der Waals surface area contributed by atoms with Crippen LogP contribution in [0.1, 0.15) is 47.2 Å². The normalized spacial score (nSPS) is 12.0. The molecule has 0 aliphatic rings. The van der Waals surface area contributed by atoms with Crippen LogP contribution in [-0.2, 0) is 4.74 Å². The molecule has 0 aliphatic carbocycles. The van der Waals surface area contributed by atoms with Gasteiger partial charge >= 0.3 is 5.97 Å². The number of hydrogen-bond donors (Lipinski definition) is 0. The first kappa shape index (κ1) is 15.7. The quantitative estimate of drug-likeness (QED) is 0.476. The number of carbonyl (C=O) groups is 1. The molecule has 0 saturated carbocycles. The minimum atomic E-state index is -0.628. The number of aromatic nitrogens is 1. The number of non-ortho nitro benzene ring substituents is 1. The highest BCUT2D eigenvalue weighted by molar-refractivity contribution is 5.87. The Morgan fingerprint density at radius 2 is 2.18 bits per heavy atom. The topological polar surface area (TPSA) is 95.5 Å². The highest BCUT2D eigenvalue weighted by atomic mass is 16.6. The van der Waals surface area contributed by atoms with Crippen LogP contribution in [0.25, 0.3) is 0 Å². The van der Waals surface area contributed by atoms with E-state index >= 15 is 0 Å². The van der Waals surface area contributed by atoms with Gasteiger partial charge in [-0.05, 0) is 18.9 Å². The van der Waals surface area contributed by atoms with Crippen LogP contribution in [0.3, 0.4) is 0 Å². The number of aryl methyl sites for hydroxylation is 2. The number of nitro benzene ring substituents is 1. The van der Waals surface area contributed by atoms with Crippen molar-refractivity contribution in [3.05, 3.63) is 57.3 Å². The van der Waals surface area contributed by atoms with E-state index in [1.807, 2.05) is 6.92 Å². The summed E-state index contributed by atoms with van der Waals surface area (Å²) in [6.07, 6.45) is -0.101. The monoisotopic (exact) mass is 304 g/mol. The molecule has 0 N–H and O–H groups in total. The van der Waals surface area contributed by atoms with Crippen molar-refractivity contribution >= 4 is 11.7 Å². The molecule has 0 saturated heterocycles. The number of esters is 1. The second-order valence-corrected chi connectivity index (χ2v) is 4.80. The van der Waals surface area contributed by atoms with E-state index in [9.17, 15) is 14.9 Å². The summed E-state index contributed by atoms with van der Waals surface area (Å²) in [7, 11) is 0. The van der Waals surface area contributed by atoms with E-state index in [1.54, 1.807) is 26.0 Å². The van der Waals surface area contributed by atoms with Crippen LogP contribution >= 0.6 is 0 Å². The molecular weight excluding hydrogens is 288 g/mol. The fourth-order valence-electron chi connectivity index (χ4n) is 2.13. The zero-order chi connectivity index (χ0) is 16.3. The van der Waals surface area contributed by atoms with Gasteiger partial charge in [0.1, 0.15) is 6.10 Å². The molecular formula is C15H16N2O5. The van der Waals surface area contributed by atoms with Gasteiger partial charge in [-0.25, -0.2) is 9.78 Å². The summed E-state index contributed by atoms with van der Waals surface area (Å²) in [6.45, 7) is 5.12. The molecule has 22 heavy (non-hydrogen) atoms. The number of hydrogen-bond acceptors (Lipinski definition) is 6. The molecule has 2 aromatic rings. The van der Waals surface area contributed by atoms with Gasteiger partial charge in [0.2, 0.25) is 5.76 Å². The summed E-state index contributed by atoms with van der Waals surface area (Å²) in [4.78, 5) is 26.5. The van der Waals surface area contributed by atoms with E-state index in [1.165, 1.54) is 12.1 Å². The van der Waals surface area contributed by atoms with Gasteiger partial charge in [0, 0.05) is 19.1 Å². The standard InChI is InChI=1S/C15H16N2O5/c1-4-13(11-6-5-7-12(8-11)17(19)20)22-15(18)14-9(2)16-10(3)21-14/h5-8,13H,4H2,1-3H3/t13-/m1/s1. The van der Waals surface area contributed by atoms with Gasteiger partial charge in [0.15, 0.2) is 5.89 Å². The Labute approximate surface area is 127 Å². The van der Waals surface area contributed by atoms with Crippen LogP contribution in [0.5, 0.6) is 0 Å². The second-order valence-electron chi connectivity index (χ2n) is 4.80. The average Bonchev–Trinajstić information content (AvgIpc) is 2.83. The summed E-state index contributed by atoms with van der Waals surface area (Å²) < 4.78 is 10.6. The Hall–Kier alpha value is -2.70. The van der Waals surface area contributed by atoms with Gasteiger partial charge in [0.25, 0.3) is 5.69 Å². The van der Waals surface area contributed by atoms with Crippen molar-refractivity contribution in [1.29, 1.82) is 0 Å². The first-order valence-electron chi connectivity index (χ1n) is 6.81. The van der Waals surface area contributed by atoms with Crippen LogP contribution in [0.2, 0.25) is 0 Å². The molecule has 0 unspecified atom stereocenters. The molecule has 0 aliphatic heterocycles. The number of benzene rings is 1. The lowest BCUT2D eigenvalue weighted by Gasteiger charge is -2.15. The molecule has 0 radical (unpaired) electrons. The largest absolute Gasteiger partial charge is 0.452 e. The van der Waals surface area contributed by atoms with Crippen molar-refractivity contribution in [2.45, 2.75) is 33.3 Å². The van der Waals surface area contributed by atoms with Gasteiger partial charge in [0.05, 0.1) is 10.6 Å². The Morgan fingerprint density at radius 1 is 1.45 bits per heavy atom. The fourth-order valence-corrected chi connectivity index (χ4v) is 2.13. The van der Waals surface area contributed by atoms with Crippen LogP contribution in [-0.4, -0.2) is 15.9 Å². The van der Waals surface area contributed by atoms with Crippen molar-refractivity contribution in [3.8, 4) is 0 Å². The van der Waals surface area contributed by atoms with Crippen molar-refractivity contribution in [3.63, 3.8) is 0 Å². The fraction of sp³-hybridized carbons (Fsp3) is 0.333. The Morgan fingerprint density at radius 3 is 2.73 bits per heavy atom. The van der Waals surface area contributed by atoms with Crippen molar-refractivity contribution in [2.24, 2.45) is 0 Å². The molecule has 1 heterocycles. The SMILES string of the molecule is CC[C@@H](OC(=O)c1oc(C)nc1C)c1cccc([N+](=O)[O-])c1. The zero-order valence-corrected chi connectivity index (χ0v) is 12.5. The lowest BCUT2D eigenvalue weighted by atomic mass is 10.1. The van der Waals surface area contributed by atoms with Crippen molar-refractivity contribution in [1.82, 2.24) is 4.98 Å². The second kappa shape index (κ2) is 6.38. The summed E-state index contributed by atoms with van der Waals surface area (Å²) >= 11 is 0. The predicted octanol–water partition coefficient (Wildman–Crippen LogP) is 3.51. The average molecular weight is 304 g/mol. The number of carbonyl (C=O) groups excluding carboxylic acids is 1. The van der Waals surface area contributed by atoms with E-state index in [0.29, 0.717) is 23.6 Å². The molecule has 1 aromatic carbocycles. The molecule has 1 atom stereocenters. The Bertz CT molecular complexity index is 708. The lowest BCUT2D eigenvalue weighted by Crippen LogP contribution is -2.11. The Kier molecular flexibility index (Phi) is 4.55. The first-order valence-corrected chi connectivity index (χ1v) is 6.81. The van der Waals surface area contributed by atoms with Crippen molar-refractivity contribution < 1.29 is 18.9 Å². The number of ether oxygens (including phenoxy) is 1. The third-order valence-corrected chi connectivity index (χ3v) is 3.16. The minimum absolute atomic E-state index is 0.0429. The third-order valence-electron chi connectivity index (χ3n) is 3.16. The summed E-state index contributed by atoms with van der Waals surface area (Å²) in [5.41, 5.74) is 0.981. The predicted molar refractivity (Wildman–Crippen MR) is 77.5 cm³/mol. The van der Waals surface area contributed by atoms with Crippen LogP contribution in [0, 0.1) is 24.0 Å². The molecule has 7 heteroatoms. The molecule has 2 rings (SSSR count). The van der Waals surface area contributed by atoms with Crippen LogP contribution in [0.15, 0.2) is 28.7 Å². The highest BCUT2D eigenvalue weighted by Crippen LogP contribution is 2.26. The van der Waals surface area contributed by atoms with Gasteiger partial charge in [-0.1, -0.05) is 19.1 Å². The van der Waals surface area contributed by atoms with Gasteiger partial charge in [-0.15, -0.1) is 0 Å². The number of rotatable bonds is 5. The van der Waals surface area contributed by atoms with E-state index < -0.39 is 17.0 Å².